The Kier molecular flexibility index (Phi) is 3.93. The molecule has 0 aliphatic carbocycles. The van der Waals surface area contributed by atoms with Gasteiger partial charge in [-0.2, -0.15) is 0 Å². The van der Waals surface area contributed by atoms with Crippen molar-refractivity contribution in [1.29, 1.82) is 0 Å². The zero-order valence-corrected chi connectivity index (χ0v) is 11.5. The predicted octanol–water partition coefficient (Wildman–Crippen LogP) is 2.33. The molecule has 2 heterocycles. The molecule has 0 saturated carbocycles. The Morgan fingerprint density at radius 3 is 2.83 bits per heavy atom. The van der Waals surface area contributed by atoms with Gasteiger partial charge in [-0.1, -0.05) is 0 Å². The number of thiazole rings is 1. The highest BCUT2D eigenvalue weighted by Crippen LogP contribution is 2.29. The van der Waals surface area contributed by atoms with Gasteiger partial charge in [0.2, 0.25) is 0 Å². The molecule has 0 aliphatic rings. The molecule has 0 aliphatic heterocycles. The molecular weight excluding hydrogens is 270 g/mol. The lowest BCUT2D eigenvalue weighted by atomic mass is 10.3. The molecule has 2 aromatic rings. The Hall–Kier alpha value is -1.47. The zero-order valence-electron chi connectivity index (χ0n) is 9.88. The van der Waals surface area contributed by atoms with Gasteiger partial charge in [-0.25, -0.2) is 15.0 Å². The summed E-state index contributed by atoms with van der Waals surface area (Å²) in [7, 11) is 0. The van der Waals surface area contributed by atoms with Crippen molar-refractivity contribution in [3.05, 3.63) is 28.7 Å². The SMILES string of the molecule is Cc1cc(Sc2nc(CC(=O)O)cs2)nc(C)n1. The largest absolute Gasteiger partial charge is 0.481 e. The minimum atomic E-state index is -0.870. The van der Waals surface area contributed by atoms with Crippen LogP contribution in [0.4, 0.5) is 0 Å². The van der Waals surface area contributed by atoms with E-state index in [1.807, 2.05) is 19.9 Å². The Morgan fingerprint density at radius 1 is 1.39 bits per heavy atom. The Morgan fingerprint density at radius 2 is 2.17 bits per heavy atom. The van der Waals surface area contributed by atoms with Crippen LogP contribution < -0.4 is 0 Å². The normalized spacial score (nSPS) is 10.6. The fourth-order valence-electron chi connectivity index (χ4n) is 1.40. The van der Waals surface area contributed by atoms with Crippen molar-refractivity contribution < 1.29 is 9.90 Å². The summed E-state index contributed by atoms with van der Waals surface area (Å²) in [6, 6.07) is 1.88. The van der Waals surface area contributed by atoms with Crippen molar-refractivity contribution in [3.8, 4) is 0 Å². The maximum atomic E-state index is 10.6. The number of nitrogens with zero attached hydrogens (tertiary/aromatic N) is 3. The van der Waals surface area contributed by atoms with E-state index in [2.05, 4.69) is 15.0 Å². The van der Waals surface area contributed by atoms with Gasteiger partial charge in [0.25, 0.3) is 0 Å². The highest BCUT2D eigenvalue weighted by molar-refractivity contribution is 8.01. The van der Waals surface area contributed by atoms with Crippen LogP contribution in [0.25, 0.3) is 0 Å². The van der Waals surface area contributed by atoms with Gasteiger partial charge in [0.05, 0.1) is 12.1 Å². The topological polar surface area (TPSA) is 76.0 Å². The first kappa shape index (κ1) is 13.0. The second-order valence-corrected chi connectivity index (χ2v) is 5.80. The standard InChI is InChI=1S/C11H11N3O2S2/c1-6-3-9(13-7(2)12-6)18-11-14-8(5-17-11)4-10(15)16/h3,5H,4H2,1-2H3,(H,15,16). The van der Waals surface area contributed by atoms with Crippen LogP contribution in [0.15, 0.2) is 20.8 Å². The molecule has 0 radical (unpaired) electrons. The summed E-state index contributed by atoms with van der Waals surface area (Å²) in [5.74, 6) is -0.148. The molecule has 0 unspecified atom stereocenters. The average Bonchev–Trinajstić information content (AvgIpc) is 2.62. The van der Waals surface area contributed by atoms with Crippen LogP contribution >= 0.6 is 23.1 Å². The average molecular weight is 281 g/mol. The number of carboxylic acids is 1. The van der Waals surface area contributed by atoms with E-state index in [4.69, 9.17) is 5.11 Å². The number of aromatic nitrogens is 3. The van der Waals surface area contributed by atoms with Gasteiger partial charge in [-0.15, -0.1) is 11.3 Å². The van der Waals surface area contributed by atoms with E-state index in [-0.39, 0.29) is 6.42 Å². The van der Waals surface area contributed by atoms with E-state index in [1.165, 1.54) is 23.1 Å². The quantitative estimate of drug-likeness (QED) is 0.867. The lowest BCUT2D eigenvalue weighted by Gasteiger charge is -2.00. The van der Waals surface area contributed by atoms with Crippen molar-refractivity contribution in [3.63, 3.8) is 0 Å². The molecule has 2 rings (SSSR count). The van der Waals surface area contributed by atoms with E-state index in [1.54, 1.807) is 5.38 Å². The molecule has 5 nitrogen and oxygen atoms in total. The van der Waals surface area contributed by atoms with Crippen molar-refractivity contribution in [2.24, 2.45) is 0 Å². The molecule has 0 atom stereocenters. The van der Waals surface area contributed by atoms with Crippen LogP contribution in [0.1, 0.15) is 17.2 Å². The second kappa shape index (κ2) is 5.45. The smallest absolute Gasteiger partial charge is 0.309 e. The Balaban J connectivity index is 2.13. The van der Waals surface area contributed by atoms with Crippen LogP contribution in [0.2, 0.25) is 0 Å². The maximum absolute atomic E-state index is 10.6. The first-order chi connectivity index (χ1) is 8.52. The minimum absolute atomic E-state index is 0.0428. The fraction of sp³-hybridized carbons (Fsp3) is 0.273. The molecule has 0 amide bonds. The van der Waals surface area contributed by atoms with E-state index < -0.39 is 5.97 Å². The lowest BCUT2D eigenvalue weighted by Crippen LogP contribution is -1.99. The summed E-state index contributed by atoms with van der Waals surface area (Å²) in [6.45, 7) is 3.76. The number of rotatable bonds is 4. The summed E-state index contributed by atoms with van der Waals surface area (Å²) in [5, 5.41) is 11.3. The highest BCUT2D eigenvalue weighted by atomic mass is 32.2. The van der Waals surface area contributed by atoms with Gasteiger partial charge in [-0.3, -0.25) is 4.79 Å². The Bertz CT molecular complexity index is 563. The third-order valence-corrected chi connectivity index (χ3v) is 3.90. The minimum Gasteiger partial charge on any atom is -0.481 e. The van der Waals surface area contributed by atoms with Crippen LogP contribution in [0, 0.1) is 13.8 Å². The summed E-state index contributed by atoms with van der Waals surface area (Å²) < 4.78 is 0.795. The predicted molar refractivity (Wildman–Crippen MR) is 69.1 cm³/mol. The number of carboxylic acid groups (broad SMARTS) is 1. The molecule has 0 spiro atoms. The molecule has 0 bridgehead atoms. The summed E-state index contributed by atoms with van der Waals surface area (Å²) in [4.78, 5) is 23.3. The molecule has 0 fully saturated rings. The summed E-state index contributed by atoms with van der Waals surface area (Å²) in [6.07, 6.45) is -0.0428. The number of carbonyl (C=O) groups is 1. The number of aryl methyl sites for hydroxylation is 2. The van der Waals surface area contributed by atoms with Gasteiger partial charge in [0.15, 0.2) is 4.34 Å². The molecule has 0 saturated heterocycles. The van der Waals surface area contributed by atoms with E-state index in [0.717, 1.165) is 20.9 Å². The molecule has 18 heavy (non-hydrogen) atoms. The monoisotopic (exact) mass is 281 g/mol. The molecule has 7 heteroatoms. The first-order valence-corrected chi connectivity index (χ1v) is 6.89. The first-order valence-electron chi connectivity index (χ1n) is 5.19. The van der Waals surface area contributed by atoms with Gasteiger partial charge < -0.3 is 5.11 Å². The lowest BCUT2D eigenvalue weighted by molar-refractivity contribution is -0.136. The van der Waals surface area contributed by atoms with Gasteiger partial charge >= 0.3 is 5.97 Å². The van der Waals surface area contributed by atoms with Gasteiger partial charge in [0, 0.05) is 11.1 Å². The van der Waals surface area contributed by atoms with E-state index in [0.29, 0.717) is 5.69 Å². The molecule has 94 valence electrons. The van der Waals surface area contributed by atoms with Crippen molar-refractivity contribution in [1.82, 2.24) is 15.0 Å². The van der Waals surface area contributed by atoms with Gasteiger partial charge in [-0.05, 0) is 31.7 Å². The molecule has 1 N–H and O–H groups in total. The van der Waals surface area contributed by atoms with Crippen molar-refractivity contribution in [2.45, 2.75) is 29.6 Å². The fourth-order valence-corrected chi connectivity index (χ4v) is 3.28. The molecule has 2 aromatic heterocycles. The highest BCUT2D eigenvalue weighted by Gasteiger charge is 2.08. The second-order valence-electron chi connectivity index (χ2n) is 3.67. The van der Waals surface area contributed by atoms with Crippen molar-refractivity contribution in [2.75, 3.05) is 0 Å². The van der Waals surface area contributed by atoms with E-state index >= 15 is 0 Å². The molecule has 0 aromatic carbocycles. The molecular formula is C11H11N3O2S2. The maximum Gasteiger partial charge on any atom is 0.309 e. The van der Waals surface area contributed by atoms with Crippen LogP contribution in [-0.4, -0.2) is 26.0 Å². The van der Waals surface area contributed by atoms with Gasteiger partial charge in [0.1, 0.15) is 10.9 Å². The van der Waals surface area contributed by atoms with Crippen LogP contribution in [0.3, 0.4) is 0 Å². The van der Waals surface area contributed by atoms with Crippen LogP contribution in [0.5, 0.6) is 0 Å². The zero-order chi connectivity index (χ0) is 13.1. The third kappa shape index (κ3) is 3.51. The number of hydrogen-bond donors (Lipinski definition) is 1. The summed E-state index contributed by atoms with van der Waals surface area (Å²) in [5.41, 5.74) is 1.49. The number of hydrogen-bond acceptors (Lipinski definition) is 6. The summed E-state index contributed by atoms with van der Waals surface area (Å²) >= 11 is 2.85. The number of aliphatic carboxylic acids is 1. The van der Waals surface area contributed by atoms with Crippen LogP contribution in [-0.2, 0) is 11.2 Å². The Labute approximate surface area is 112 Å². The van der Waals surface area contributed by atoms with E-state index in [9.17, 15) is 4.79 Å². The third-order valence-electron chi connectivity index (χ3n) is 2.00. The van der Waals surface area contributed by atoms with Crippen molar-refractivity contribution >= 4 is 29.1 Å².